The first-order chi connectivity index (χ1) is 10.9. The number of methoxy groups -OCH3 is 1. The zero-order chi connectivity index (χ0) is 16.7. The number of ether oxygens (including phenoxy) is 1. The molecule has 2 aromatic carbocycles. The summed E-state index contributed by atoms with van der Waals surface area (Å²) in [7, 11) is 1.42. The lowest BCUT2D eigenvalue weighted by Gasteiger charge is -2.17. The number of pyridine rings is 1. The highest BCUT2D eigenvalue weighted by Crippen LogP contribution is 2.34. The van der Waals surface area contributed by atoms with Crippen LogP contribution in [0.1, 0.15) is 0 Å². The topological polar surface area (TPSA) is 94.5 Å². The summed E-state index contributed by atoms with van der Waals surface area (Å²) in [6.45, 7) is -0.354. The van der Waals surface area contributed by atoms with E-state index in [1.54, 1.807) is 30.3 Å². The summed E-state index contributed by atoms with van der Waals surface area (Å²) in [6, 6.07) is 7.88. The number of benzene rings is 2. The minimum Gasteiger partial charge on any atom is -0.493 e. The molecule has 118 valence electrons. The number of hydrogen-bond acceptors (Lipinski definition) is 4. The van der Waals surface area contributed by atoms with Crippen LogP contribution in [0.4, 0.5) is 5.69 Å². The van der Waals surface area contributed by atoms with Gasteiger partial charge in [0.25, 0.3) is 0 Å². The Morgan fingerprint density at radius 1 is 1.30 bits per heavy atom. The number of hydrogen-bond donors (Lipinski definition) is 2. The smallest absolute Gasteiger partial charge is 0.323 e. The van der Waals surface area contributed by atoms with E-state index >= 15 is 0 Å². The van der Waals surface area contributed by atoms with E-state index in [9.17, 15) is 14.7 Å². The second kappa shape index (κ2) is 5.48. The van der Waals surface area contributed by atoms with Gasteiger partial charge in [-0.1, -0.05) is 11.6 Å². The molecule has 0 radical (unpaired) electrons. The van der Waals surface area contributed by atoms with E-state index in [0.29, 0.717) is 32.5 Å². The molecule has 3 rings (SSSR count). The van der Waals surface area contributed by atoms with Crippen molar-refractivity contribution in [2.75, 3.05) is 12.8 Å². The predicted octanol–water partition coefficient (Wildman–Crippen LogP) is 2.48. The third kappa shape index (κ3) is 2.37. The van der Waals surface area contributed by atoms with Crippen molar-refractivity contribution < 1.29 is 14.6 Å². The van der Waals surface area contributed by atoms with Crippen molar-refractivity contribution in [3.63, 3.8) is 0 Å². The second-order valence-corrected chi connectivity index (χ2v) is 5.47. The van der Waals surface area contributed by atoms with Crippen LogP contribution in [0.15, 0.2) is 35.1 Å². The molecule has 0 unspecified atom stereocenters. The Morgan fingerprint density at radius 2 is 2.00 bits per heavy atom. The van der Waals surface area contributed by atoms with E-state index < -0.39 is 5.97 Å². The molecule has 0 aliphatic heterocycles. The summed E-state index contributed by atoms with van der Waals surface area (Å²) < 4.78 is 6.78. The molecular formula is C16H13ClN2O4. The molecule has 0 bridgehead atoms. The van der Waals surface area contributed by atoms with Crippen molar-refractivity contribution >= 4 is 45.1 Å². The van der Waals surface area contributed by atoms with E-state index in [1.807, 2.05) is 0 Å². The minimum atomic E-state index is -1.05. The first-order valence-corrected chi connectivity index (χ1v) is 7.12. The molecule has 0 spiro atoms. The zero-order valence-corrected chi connectivity index (χ0v) is 12.9. The highest BCUT2D eigenvalue weighted by Gasteiger charge is 2.18. The third-order valence-corrected chi connectivity index (χ3v) is 3.95. The molecule has 0 aliphatic rings. The summed E-state index contributed by atoms with van der Waals surface area (Å²) >= 11 is 6.13. The molecule has 0 atom stereocenters. The Balaban J connectivity index is 2.64. The fraction of sp³-hybridized carbons (Fsp3) is 0.125. The summed E-state index contributed by atoms with van der Waals surface area (Å²) in [5.74, 6) is -0.799. The molecule has 0 saturated heterocycles. The van der Waals surface area contributed by atoms with Gasteiger partial charge in [-0.2, -0.15) is 0 Å². The molecule has 7 heteroatoms. The van der Waals surface area contributed by atoms with Crippen molar-refractivity contribution in [3.05, 3.63) is 45.6 Å². The lowest BCUT2D eigenvalue weighted by molar-refractivity contribution is -0.137. The number of fused-ring (bicyclic) bond motifs is 2. The molecule has 0 fully saturated rings. The van der Waals surface area contributed by atoms with Gasteiger partial charge in [-0.3, -0.25) is 9.59 Å². The van der Waals surface area contributed by atoms with Gasteiger partial charge in [-0.25, -0.2) is 0 Å². The van der Waals surface area contributed by atoms with Crippen LogP contribution in [0, 0.1) is 0 Å². The van der Waals surface area contributed by atoms with E-state index in [2.05, 4.69) is 0 Å². The lowest BCUT2D eigenvalue weighted by atomic mass is 10.1. The van der Waals surface area contributed by atoms with Crippen LogP contribution in [0.3, 0.4) is 0 Å². The average molecular weight is 333 g/mol. The third-order valence-electron chi connectivity index (χ3n) is 3.65. The Labute approximate surface area is 135 Å². The highest BCUT2D eigenvalue weighted by molar-refractivity contribution is 6.33. The van der Waals surface area contributed by atoms with Crippen LogP contribution in [0.2, 0.25) is 5.02 Å². The molecule has 0 amide bonds. The number of halogens is 1. The highest BCUT2D eigenvalue weighted by atomic mass is 35.5. The minimum absolute atomic E-state index is 0.230. The Hall–Kier alpha value is -2.73. The van der Waals surface area contributed by atoms with Gasteiger partial charge in [0.05, 0.1) is 28.6 Å². The fourth-order valence-electron chi connectivity index (χ4n) is 2.72. The van der Waals surface area contributed by atoms with Gasteiger partial charge in [0, 0.05) is 11.1 Å². The van der Waals surface area contributed by atoms with Crippen molar-refractivity contribution in [3.8, 4) is 5.75 Å². The van der Waals surface area contributed by atoms with Crippen LogP contribution in [0.25, 0.3) is 21.8 Å². The van der Waals surface area contributed by atoms with Gasteiger partial charge >= 0.3 is 5.97 Å². The normalized spacial score (nSPS) is 11.0. The van der Waals surface area contributed by atoms with Crippen molar-refractivity contribution in [2.24, 2.45) is 0 Å². The van der Waals surface area contributed by atoms with Gasteiger partial charge in [0.1, 0.15) is 6.54 Å². The van der Waals surface area contributed by atoms with Crippen LogP contribution in [0.5, 0.6) is 5.75 Å². The number of carboxylic acid groups (broad SMARTS) is 1. The number of rotatable bonds is 3. The number of nitrogens with two attached hydrogens (primary N) is 1. The fourth-order valence-corrected chi connectivity index (χ4v) is 2.95. The van der Waals surface area contributed by atoms with Crippen LogP contribution in [-0.2, 0) is 11.3 Å². The maximum Gasteiger partial charge on any atom is 0.323 e. The molecule has 1 heterocycles. The van der Waals surface area contributed by atoms with Gasteiger partial charge in [-0.15, -0.1) is 0 Å². The quantitative estimate of drug-likeness (QED) is 0.567. The second-order valence-electron chi connectivity index (χ2n) is 5.06. The molecule has 6 nitrogen and oxygen atoms in total. The monoisotopic (exact) mass is 332 g/mol. The number of anilines is 1. The number of carbonyl (C=O) groups is 1. The maximum absolute atomic E-state index is 12.7. The Kier molecular flexibility index (Phi) is 3.61. The Bertz CT molecular complexity index is 1010. The van der Waals surface area contributed by atoms with E-state index in [0.717, 1.165) is 0 Å². The summed E-state index contributed by atoms with van der Waals surface area (Å²) in [4.78, 5) is 24.0. The van der Waals surface area contributed by atoms with E-state index in [1.165, 1.54) is 11.7 Å². The van der Waals surface area contributed by atoms with Gasteiger partial charge in [0.15, 0.2) is 11.2 Å². The summed E-state index contributed by atoms with van der Waals surface area (Å²) in [5, 5.41) is 10.3. The predicted molar refractivity (Wildman–Crippen MR) is 89.3 cm³/mol. The molecule has 0 saturated carbocycles. The van der Waals surface area contributed by atoms with Crippen LogP contribution >= 0.6 is 11.6 Å². The molecule has 23 heavy (non-hydrogen) atoms. The zero-order valence-electron chi connectivity index (χ0n) is 12.2. The number of aliphatic carboxylic acids is 1. The van der Waals surface area contributed by atoms with Crippen LogP contribution < -0.4 is 15.9 Å². The molecule has 1 aromatic heterocycles. The van der Waals surface area contributed by atoms with Gasteiger partial charge in [0.2, 0.25) is 0 Å². The SMILES string of the molecule is COc1c(Cl)ccc2c(=O)c3ccc(N)cc3n(CC(=O)O)c12. The van der Waals surface area contributed by atoms with Crippen molar-refractivity contribution in [1.82, 2.24) is 4.57 Å². The van der Waals surface area contributed by atoms with E-state index in [-0.39, 0.29) is 17.7 Å². The standard InChI is InChI=1S/C16H13ClN2O4/c1-23-16-11(17)5-4-10-14(16)19(7-13(20)21)12-6-8(18)2-3-9(12)15(10)22/h2-6H,7,18H2,1H3,(H,20,21). The van der Waals surface area contributed by atoms with Crippen molar-refractivity contribution in [2.45, 2.75) is 6.54 Å². The lowest BCUT2D eigenvalue weighted by Crippen LogP contribution is -2.17. The van der Waals surface area contributed by atoms with E-state index in [4.69, 9.17) is 22.1 Å². The molecule has 3 N–H and O–H groups in total. The largest absolute Gasteiger partial charge is 0.493 e. The Morgan fingerprint density at radius 3 is 2.65 bits per heavy atom. The number of nitrogens with zero attached hydrogens (tertiary/aromatic N) is 1. The van der Waals surface area contributed by atoms with Crippen LogP contribution in [-0.4, -0.2) is 22.8 Å². The number of carboxylic acids is 1. The molecular weight excluding hydrogens is 320 g/mol. The number of aromatic nitrogens is 1. The first kappa shape index (κ1) is 15.2. The average Bonchev–Trinajstić information content (AvgIpc) is 2.50. The summed E-state index contributed by atoms with van der Waals surface area (Å²) in [5.41, 5.74) is 6.76. The molecule has 0 aliphatic carbocycles. The van der Waals surface area contributed by atoms with Crippen molar-refractivity contribution in [1.29, 1.82) is 0 Å². The van der Waals surface area contributed by atoms with Gasteiger partial charge in [-0.05, 0) is 30.3 Å². The molecule has 3 aromatic rings. The van der Waals surface area contributed by atoms with Gasteiger partial charge < -0.3 is 20.1 Å². The number of nitrogen functional groups attached to an aromatic ring is 1. The first-order valence-electron chi connectivity index (χ1n) is 6.74. The summed E-state index contributed by atoms with van der Waals surface area (Å²) in [6.07, 6.45) is 0. The maximum atomic E-state index is 12.7.